The zero-order chi connectivity index (χ0) is 10.6. The minimum Gasteiger partial charge on any atom is -0.299 e. The van der Waals surface area contributed by atoms with Crippen molar-refractivity contribution >= 4 is 0 Å². The van der Waals surface area contributed by atoms with Crippen molar-refractivity contribution < 1.29 is 0 Å². The average Bonchev–Trinajstić information content (AvgIpc) is 2.19. The fourth-order valence-corrected chi connectivity index (χ4v) is 2.97. The van der Waals surface area contributed by atoms with E-state index in [9.17, 15) is 0 Å². The molecule has 1 aliphatic heterocycles. The largest absolute Gasteiger partial charge is 0.299 e. The van der Waals surface area contributed by atoms with E-state index in [2.05, 4.69) is 32.6 Å². The smallest absolute Gasteiger partial charge is 0.0161 e. The SMILES string of the molecule is CCCCC1(C)CN(CC)C1CCC. The molecule has 0 spiro atoms. The van der Waals surface area contributed by atoms with E-state index < -0.39 is 0 Å². The first-order valence-electron chi connectivity index (χ1n) is 6.42. The summed E-state index contributed by atoms with van der Waals surface area (Å²) < 4.78 is 0. The highest BCUT2D eigenvalue weighted by molar-refractivity contribution is 5.00. The van der Waals surface area contributed by atoms with Gasteiger partial charge in [0.25, 0.3) is 0 Å². The molecular weight excluding hydrogens is 170 g/mol. The third-order valence-electron chi connectivity index (χ3n) is 3.88. The summed E-state index contributed by atoms with van der Waals surface area (Å²) in [6.45, 7) is 12.0. The van der Waals surface area contributed by atoms with E-state index in [1.807, 2.05) is 0 Å². The topological polar surface area (TPSA) is 3.24 Å². The highest BCUT2D eigenvalue weighted by atomic mass is 15.2. The van der Waals surface area contributed by atoms with Crippen molar-refractivity contribution in [2.24, 2.45) is 5.41 Å². The van der Waals surface area contributed by atoms with Gasteiger partial charge < -0.3 is 0 Å². The van der Waals surface area contributed by atoms with E-state index in [0.29, 0.717) is 5.41 Å². The number of nitrogens with zero attached hydrogens (tertiary/aromatic N) is 1. The first-order valence-corrected chi connectivity index (χ1v) is 6.42. The summed E-state index contributed by atoms with van der Waals surface area (Å²) in [6, 6.07) is 0.879. The Morgan fingerprint density at radius 1 is 1.21 bits per heavy atom. The van der Waals surface area contributed by atoms with Crippen LogP contribution in [-0.4, -0.2) is 24.0 Å². The molecule has 0 bridgehead atoms. The Kier molecular flexibility index (Phi) is 4.43. The summed E-state index contributed by atoms with van der Waals surface area (Å²) in [4.78, 5) is 2.65. The van der Waals surface area contributed by atoms with Crippen LogP contribution in [0.15, 0.2) is 0 Å². The first-order chi connectivity index (χ1) is 6.68. The Labute approximate surface area is 89.9 Å². The molecule has 1 saturated heterocycles. The lowest BCUT2D eigenvalue weighted by molar-refractivity contribution is -0.0697. The van der Waals surface area contributed by atoms with E-state index >= 15 is 0 Å². The van der Waals surface area contributed by atoms with Gasteiger partial charge in [-0.3, -0.25) is 4.90 Å². The summed E-state index contributed by atoms with van der Waals surface area (Å²) in [6.07, 6.45) is 6.93. The quantitative estimate of drug-likeness (QED) is 0.628. The van der Waals surface area contributed by atoms with E-state index in [4.69, 9.17) is 0 Å². The number of unbranched alkanes of at least 4 members (excludes halogenated alkanes) is 1. The van der Waals surface area contributed by atoms with Crippen molar-refractivity contribution in [2.45, 2.75) is 65.8 Å². The number of hydrogen-bond acceptors (Lipinski definition) is 1. The second-order valence-corrected chi connectivity index (χ2v) is 5.13. The maximum absolute atomic E-state index is 2.65. The zero-order valence-electron chi connectivity index (χ0n) is 10.5. The predicted octanol–water partition coefficient (Wildman–Crippen LogP) is 3.69. The average molecular weight is 197 g/mol. The fraction of sp³-hybridized carbons (Fsp3) is 1.00. The van der Waals surface area contributed by atoms with Gasteiger partial charge in [0.15, 0.2) is 0 Å². The summed E-state index contributed by atoms with van der Waals surface area (Å²) in [7, 11) is 0. The molecule has 0 aliphatic carbocycles. The van der Waals surface area contributed by atoms with Gasteiger partial charge >= 0.3 is 0 Å². The summed E-state index contributed by atoms with van der Waals surface area (Å²) >= 11 is 0. The Bertz CT molecular complexity index is 163. The van der Waals surface area contributed by atoms with Gasteiger partial charge in [-0.25, -0.2) is 0 Å². The second-order valence-electron chi connectivity index (χ2n) is 5.13. The van der Waals surface area contributed by atoms with Crippen LogP contribution in [0.3, 0.4) is 0 Å². The molecule has 1 aliphatic rings. The van der Waals surface area contributed by atoms with Crippen LogP contribution in [0.25, 0.3) is 0 Å². The van der Waals surface area contributed by atoms with Crippen LogP contribution in [0.2, 0.25) is 0 Å². The van der Waals surface area contributed by atoms with Gasteiger partial charge in [0.05, 0.1) is 0 Å². The number of rotatable bonds is 6. The summed E-state index contributed by atoms with van der Waals surface area (Å²) in [5.41, 5.74) is 0.641. The van der Waals surface area contributed by atoms with Gasteiger partial charge in [0.1, 0.15) is 0 Å². The van der Waals surface area contributed by atoms with Crippen molar-refractivity contribution in [3.8, 4) is 0 Å². The first kappa shape index (κ1) is 12.0. The van der Waals surface area contributed by atoms with Crippen molar-refractivity contribution in [2.75, 3.05) is 13.1 Å². The molecule has 0 saturated carbocycles. The molecule has 0 aromatic carbocycles. The molecule has 2 atom stereocenters. The van der Waals surface area contributed by atoms with Crippen molar-refractivity contribution in [3.63, 3.8) is 0 Å². The molecule has 1 fully saturated rings. The molecule has 0 radical (unpaired) electrons. The Morgan fingerprint density at radius 3 is 2.43 bits per heavy atom. The monoisotopic (exact) mass is 197 g/mol. The number of hydrogen-bond donors (Lipinski definition) is 0. The van der Waals surface area contributed by atoms with Crippen LogP contribution in [0, 0.1) is 5.41 Å². The van der Waals surface area contributed by atoms with Gasteiger partial charge in [-0.05, 0) is 24.8 Å². The van der Waals surface area contributed by atoms with E-state index in [-0.39, 0.29) is 0 Å². The molecule has 84 valence electrons. The Morgan fingerprint density at radius 2 is 1.93 bits per heavy atom. The maximum Gasteiger partial charge on any atom is 0.0161 e. The normalized spacial score (nSPS) is 33.0. The van der Waals surface area contributed by atoms with Crippen molar-refractivity contribution in [1.82, 2.24) is 4.90 Å². The lowest BCUT2D eigenvalue weighted by atomic mass is 9.68. The molecule has 1 nitrogen and oxygen atoms in total. The van der Waals surface area contributed by atoms with Crippen LogP contribution in [-0.2, 0) is 0 Å². The van der Waals surface area contributed by atoms with E-state index in [1.165, 1.54) is 45.2 Å². The lowest BCUT2D eigenvalue weighted by Crippen LogP contribution is -2.62. The van der Waals surface area contributed by atoms with E-state index in [1.54, 1.807) is 0 Å². The van der Waals surface area contributed by atoms with Gasteiger partial charge in [0, 0.05) is 12.6 Å². The molecule has 0 aromatic rings. The molecule has 0 amide bonds. The van der Waals surface area contributed by atoms with Gasteiger partial charge in [0.2, 0.25) is 0 Å². The molecule has 1 heterocycles. The minimum absolute atomic E-state index is 0.641. The second kappa shape index (κ2) is 5.16. The van der Waals surface area contributed by atoms with Gasteiger partial charge in [-0.1, -0.05) is 47.0 Å². The highest BCUT2D eigenvalue weighted by Gasteiger charge is 2.46. The summed E-state index contributed by atoms with van der Waals surface area (Å²) in [5.74, 6) is 0. The highest BCUT2D eigenvalue weighted by Crippen LogP contribution is 2.43. The fourth-order valence-electron chi connectivity index (χ4n) is 2.97. The number of likely N-dealkylation sites (tertiary alicyclic amines) is 1. The van der Waals surface area contributed by atoms with Gasteiger partial charge in [-0.2, -0.15) is 0 Å². The standard InChI is InChI=1S/C13H27N/c1-5-8-10-13(4)11-14(7-3)12(13)9-6-2/h12H,5-11H2,1-4H3. The molecule has 1 heteroatoms. The molecule has 1 rings (SSSR count). The van der Waals surface area contributed by atoms with Crippen molar-refractivity contribution in [1.29, 1.82) is 0 Å². The van der Waals surface area contributed by atoms with Crippen LogP contribution in [0.4, 0.5) is 0 Å². The molecule has 0 aromatic heterocycles. The molecule has 0 N–H and O–H groups in total. The Balaban J connectivity index is 2.44. The van der Waals surface area contributed by atoms with Crippen LogP contribution in [0.5, 0.6) is 0 Å². The van der Waals surface area contributed by atoms with E-state index in [0.717, 1.165) is 6.04 Å². The van der Waals surface area contributed by atoms with Crippen LogP contribution < -0.4 is 0 Å². The lowest BCUT2D eigenvalue weighted by Gasteiger charge is -2.56. The minimum atomic E-state index is 0.641. The maximum atomic E-state index is 2.65. The van der Waals surface area contributed by atoms with Crippen LogP contribution >= 0.6 is 0 Å². The molecule has 14 heavy (non-hydrogen) atoms. The Hall–Kier alpha value is -0.0400. The molecule has 2 unspecified atom stereocenters. The van der Waals surface area contributed by atoms with Gasteiger partial charge in [-0.15, -0.1) is 0 Å². The molecular formula is C13H27N. The van der Waals surface area contributed by atoms with Crippen molar-refractivity contribution in [3.05, 3.63) is 0 Å². The van der Waals surface area contributed by atoms with Crippen LogP contribution in [0.1, 0.15) is 59.8 Å². The summed E-state index contributed by atoms with van der Waals surface area (Å²) in [5, 5.41) is 0. The zero-order valence-corrected chi connectivity index (χ0v) is 10.5. The predicted molar refractivity (Wildman–Crippen MR) is 63.6 cm³/mol. The third kappa shape index (κ3) is 2.31. The third-order valence-corrected chi connectivity index (χ3v) is 3.88.